The first kappa shape index (κ1) is 21.7. The van der Waals surface area contributed by atoms with E-state index in [0.29, 0.717) is 6.54 Å². The van der Waals surface area contributed by atoms with Crippen molar-refractivity contribution in [3.8, 4) is 0 Å². The SMILES string of the molecule is CCOP(=O)(OCC)C(F)(F)c1ccc(CN(CC)CC)cc1Br. The average Bonchev–Trinajstić information content (AvgIpc) is 2.52. The Bertz CT molecular complexity index is 572. The summed E-state index contributed by atoms with van der Waals surface area (Å²) in [5.41, 5.74) is -3.23. The third-order valence-electron chi connectivity index (χ3n) is 3.60. The van der Waals surface area contributed by atoms with E-state index in [-0.39, 0.29) is 17.7 Å². The summed E-state index contributed by atoms with van der Waals surface area (Å²) in [6.45, 7) is 9.25. The van der Waals surface area contributed by atoms with Crippen molar-refractivity contribution in [2.45, 2.75) is 39.9 Å². The van der Waals surface area contributed by atoms with Gasteiger partial charge < -0.3 is 9.05 Å². The van der Waals surface area contributed by atoms with Crippen LogP contribution in [0.25, 0.3) is 0 Å². The van der Waals surface area contributed by atoms with E-state index >= 15 is 0 Å². The number of alkyl halides is 2. The molecule has 0 atom stereocenters. The second-order valence-electron chi connectivity index (χ2n) is 5.15. The lowest BCUT2D eigenvalue weighted by Crippen LogP contribution is -2.22. The van der Waals surface area contributed by atoms with Gasteiger partial charge in [0.15, 0.2) is 0 Å². The van der Waals surface area contributed by atoms with Crippen molar-refractivity contribution in [1.82, 2.24) is 4.90 Å². The van der Waals surface area contributed by atoms with E-state index in [4.69, 9.17) is 9.05 Å². The van der Waals surface area contributed by atoms with Gasteiger partial charge in [-0.15, -0.1) is 0 Å². The Hall–Kier alpha value is -0.330. The summed E-state index contributed by atoms with van der Waals surface area (Å²) >= 11 is 3.18. The average molecular weight is 428 g/mol. The fraction of sp³-hybridized carbons (Fsp3) is 0.625. The van der Waals surface area contributed by atoms with Crippen LogP contribution in [0.1, 0.15) is 38.8 Å². The van der Waals surface area contributed by atoms with Crippen molar-refractivity contribution in [3.05, 3.63) is 33.8 Å². The van der Waals surface area contributed by atoms with Crippen molar-refractivity contribution in [2.75, 3.05) is 26.3 Å². The second-order valence-corrected chi connectivity index (χ2v) is 8.08. The third kappa shape index (κ3) is 4.85. The topological polar surface area (TPSA) is 38.8 Å². The number of benzene rings is 1. The molecule has 8 heteroatoms. The molecule has 1 aromatic rings. The quantitative estimate of drug-likeness (QED) is 0.455. The van der Waals surface area contributed by atoms with Crippen molar-refractivity contribution < 1.29 is 22.4 Å². The summed E-state index contributed by atoms with van der Waals surface area (Å²) < 4.78 is 52.0. The highest BCUT2D eigenvalue weighted by molar-refractivity contribution is 9.10. The zero-order chi connectivity index (χ0) is 18.4. The minimum absolute atomic E-state index is 0.121. The molecule has 0 unspecified atom stereocenters. The van der Waals surface area contributed by atoms with Gasteiger partial charge in [0.1, 0.15) is 0 Å². The fourth-order valence-electron chi connectivity index (χ4n) is 2.29. The van der Waals surface area contributed by atoms with Crippen LogP contribution in [0.2, 0.25) is 0 Å². The summed E-state index contributed by atoms with van der Waals surface area (Å²) in [6.07, 6.45) is 0. The van der Waals surface area contributed by atoms with E-state index in [1.165, 1.54) is 19.9 Å². The van der Waals surface area contributed by atoms with Crippen LogP contribution in [0.3, 0.4) is 0 Å². The maximum absolute atomic E-state index is 14.8. The Balaban J connectivity index is 3.18. The predicted octanol–water partition coefficient (Wildman–Crippen LogP) is 5.61. The van der Waals surface area contributed by atoms with Gasteiger partial charge in [-0.2, -0.15) is 8.78 Å². The molecule has 138 valence electrons. The lowest BCUT2D eigenvalue weighted by Gasteiger charge is -2.27. The molecule has 0 amide bonds. The maximum atomic E-state index is 14.8. The zero-order valence-corrected chi connectivity index (χ0v) is 17.0. The van der Waals surface area contributed by atoms with Crippen LogP contribution < -0.4 is 0 Å². The molecule has 0 radical (unpaired) electrons. The Kier molecular flexibility index (Phi) is 8.50. The highest BCUT2D eigenvalue weighted by Crippen LogP contribution is 2.67. The van der Waals surface area contributed by atoms with Gasteiger partial charge in [-0.1, -0.05) is 41.9 Å². The molecule has 0 aliphatic rings. The highest BCUT2D eigenvalue weighted by Gasteiger charge is 2.55. The molecule has 0 heterocycles. The first-order valence-electron chi connectivity index (χ1n) is 8.03. The second kappa shape index (κ2) is 9.39. The number of rotatable bonds is 10. The minimum atomic E-state index is -4.60. The zero-order valence-electron chi connectivity index (χ0n) is 14.5. The molecule has 0 aromatic heterocycles. The van der Waals surface area contributed by atoms with Gasteiger partial charge in [0.05, 0.1) is 13.2 Å². The van der Waals surface area contributed by atoms with Gasteiger partial charge in [0.25, 0.3) is 0 Å². The first-order valence-corrected chi connectivity index (χ1v) is 10.4. The van der Waals surface area contributed by atoms with Gasteiger partial charge in [0, 0.05) is 16.6 Å². The van der Waals surface area contributed by atoms with Crippen LogP contribution >= 0.6 is 23.5 Å². The van der Waals surface area contributed by atoms with Crippen LogP contribution in [0.4, 0.5) is 8.78 Å². The molecule has 4 nitrogen and oxygen atoms in total. The van der Waals surface area contributed by atoms with Gasteiger partial charge in [-0.3, -0.25) is 9.46 Å². The molecule has 0 bridgehead atoms. The molecule has 0 aliphatic heterocycles. The smallest absolute Gasteiger partial charge is 0.304 e. The summed E-state index contributed by atoms with van der Waals surface area (Å²) in [6, 6.07) is 4.53. The van der Waals surface area contributed by atoms with Gasteiger partial charge in [0.2, 0.25) is 0 Å². The number of hydrogen-bond donors (Lipinski definition) is 0. The van der Waals surface area contributed by atoms with Crippen molar-refractivity contribution >= 4 is 23.5 Å². The number of hydrogen-bond acceptors (Lipinski definition) is 4. The molecular weight excluding hydrogens is 403 g/mol. The predicted molar refractivity (Wildman–Crippen MR) is 95.5 cm³/mol. The fourth-order valence-corrected chi connectivity index (χ4v) is 4.69. The Labute approximate surface area is 151 Å². The highest BCUT2D eigenvalue weighted by atomic mass is 79.9. The molecule has 1 rings (SSSR count). The molecule has 0 saturated heterocycles. The van der Waals surface area contributed by atoms with Gasteiger partial charge >= 0.3 is 13.3 Å². The third-order valence-corrected chi connectivity index (χ3v) is 6.38. The minimum Gasteiger partial charge on any atom is -0.304 e. The molecule has 0 spiro atoms. The summed E-state index contributed by atoms with van der Waals surface area (Å²) in [5.74, 6) is 0. The summed E-state index contributed by atoms with van der Waals surface area (Å²) in [5, 5.41) is 0. The largest absolute Gasteiger partial charge is 0.404 e. The van der Waals surface area contributed by atoms with Crippen LogP contribution in [0.15, 0.2) is 22.7 Å². The lowest BCUT2D eigenvalue weighted by molar-refractivity contribution is 0.0354. The molecule has 0 aliphatic carbocycles. The monoisotopic (exact) mass is 427 g/mol. The Morgan fingerprint density at radius 2 is 1.67 bits per heavy atom. The van der Waals surface area contributed by atoms with Crippen LogP contribution in [-0.4, -0.2) is 31.2 Å². The van der Waals surface area contributed by atoms with Crippen LogP contribution in [0.5, 0.6) is 0 Å². The maximum Gasteiger partial charge on any atom is 0.404 e. The molecule has 24 heavy (non-hydrogen) atoms. The molecular formula is C16H25BrF2NO3P. The van der Waals surface area contributed by atoms with E-state index < -0.39 is 18.8 Å². The molecule has 0 N–H and O–H groups in total. The van der Waals surface area contributed by atoms with Crippen LogP contribution in [-0.2, 0) is 25.8 Å². The van der Waals surface area contributed by atoms with E-state index in [0.717, 1.165) is 18.7 Å². The van der Waals surface area contributed by atoms with E-state index in [1.54, 1.807) is 12.1 Å². The summed E-state index contributed by atoms with van der Waals surface area (Å²) in [4.78, 5) is 2.17. The van der Waals surface area contributed by atoms with Crippen molar-refractivity contribution in [3.63, 3.8) is 0 Å². The molecule has 0 fully saturated rings. The van der Waals surface area contributed by atoms with E-state index in [9.17, 15) is 13.3 Å². The standard InChI is InChI=1S/C16H25BrF2NO3P/c1-5-20(6-2)12-13-9-10-14(15(17)11-13)16(18,19)24(21,22-7-3)23-8-4/h9-11H,5-8,12H2,1-4H3. The number of nitrogens with zero attached hydrogens (tertiary/aromatic N) is 1. The van der Waals surface area contributed by atoms with E-state index in [1.807, 2.05) is 13.8 Å². The van der Waals surface area contributed by atoms with Crippen molar-refractivity contribution in [1.29, 1.82) is 0 Å². The lowest BCUT2D eigenvalue weighted by atomic mass is 10.1. The Morgan fingerprint density at radius 1 is 1.12 bits per heavy atom. The van der Waals surface area contributed by atoms with Crippen LogP contribution in [0, 0.1) is 0 Å². The molecule has 1 aromatic carbocycles. The summed E-state index contributed by atoms with van der Waals surface area (Å²) in [7, 11) is -4.60. The number of halogens is 3. The molecule has 0 saturated carbocycles. The van der Waals surface area contributed by atoms with Crippen molar-refractivity contribution in [2.24, 2.45) is 0 Å². The van der Waals surface area contributed by atoms with Gasteiger partial charge in [-0.05, 0) is 38.6 Å². The van der Waals surface area contributed by atoms with Gasteiger partial charge in [-0.25, -0.2) is 0 Å². The first-order chi connectivity index (χ1) is 11.3. The van der Waals surface area contributed by atoms with E-state index in [2.05, 4.69) is 20.8 Å². The normalized spacial score (nSPS) is 12.8. The Morgan fingerprint density at radius 3 is 2.08 bits per heavy atom.